The molecule has 1 aliphatic rings. The topological polar surface area (TPSA) is 78.4 Å². The Kier molecular flexibility index (Phi) is 6.16. The van der Waals surface area contributed by atoms with E-state index in [0.29, 0.717) is 31.7 Å². The van der Waals surface area contributed by atoms with Gasteiger partial charge in [-0.25, -0.2) is 0 Å². The Bertz CT molecular complexity index is 569. The molecule has 126 valence electrons. The molecule has 0 radical (unpaired) electrons. The highest BCUT2D eigenvalue weighted by Gasteiger charge is 2.17. The van der Waals surface area contributed by atoms with Crippen LogP contribution in [0, 0.1) is 5.92 Å². The minimum Gasteiger partial charge on any atom is -0.391 e. The molecule has 1 atom stereocenters. The molecule has 2 amide bonds. The smallest absolute Gasteiger partial charge is 0.228 e. The lowest BCUT2D eigenvalue weighted by molar-refractivity contribution is -0.121. The van der Waals surface area contributed by atoms with E-state index in [9.17, 15) is 14.7 Å². The van der Waals surface area contributed by atoms with Crippen molar-refractivity contribution in [3.05, 3.63) is 29.3 Å². The van der Waals surface area contributed by atoms with Crippen LogP contribution in [0.5, 0.6) is 0 Å². The summed E-state index contributed by atoms with van der Waals surface area (Å²) in [5.74, 6) is 0.436. The van der Waals surface area contributed by atoms with E-state index in [1.165, 1.54) is 0 Å². The summed E-state index contributed by atoms with van der Waals surface area (Å²) >= 11 is 0. The Morgan fingerprint density at radius 3 is 2.91 bits per heavy atom. The van der Waals surface area contributed by atoms with Gasteiger partial charge < -0.3 is 15.7 Å². The van der Waals surface area contributed by atoms with Gasteiger partial charge in [-0.15, -0.1) is 0 Å². The molecule has 1 aromatic rings. The lowest BCUT2D eigenvalue weighted by Gasteiger charge is -2.13. The van der Waals surface area contributed by atoms with Crippen LogP contribution in [0.25, 0.3) is 0 Å². The van der Waals surface area contributed by atoms with Crippen molar-refractivity contribution in [3.8, 4) is 0 Å². The average molecular weight is 318 g/mol. The Morgan fingerprint density at radius 1 is 1.39 bits per heavy atom. The number of carbonyl (C=O) groups is 2. The molecule has 3 N–H and O–H groups in total. The van der Waals surface area contributed by atoms with E-state index in [4.69, 9.17) is 0 Å². The average Bonchev–Trinajstić information content (AvgIpc) is 2.84. The van der Waals surface area contributed by atoms with Gasteiger partial charge in [0.25, 0.3) is 0 Å². The van der Waals surface area contributed by atoms with E-state index < -0.39 is 6.10 Å². The molecule has 5 nitrogen and oxygen atoms in total. The molecule has 0 saturated carbocycles. The van der Waals surface area contributed by atoms with Gasteiger partial charge in [0, 0.05) is 18.7 Å². The highest BCUT2D eigenvalue weighted by Crippen LogP contribution is 2.24. The molecule has 1 aliphatic heterocycles. The molecule has 2 rings (SSSR count). The van der Waals surface area contributed by atoms with Gasteiger partial charge in [-0.1, -0.05) is 26.0 Å². The number of fused-ring (bicyclic) bond motifs is 1. The van der Waals surface area contributed by atoms with Crippen molar-refractivity contribution in [3.63, 3.8) is 0 Å². The molecule has 0 aliphatic carbocycles. The molecule has 0 bridgehead atoms. The van der Waals surface area contributed by atoms with Crippen LogP contribution in [-0.2, 0) is 22.4 Å². The summed E-state index contributed by atoms with van der Waals surface area (Å²) in [6.45, 7) is 4.42. The first-order valence-corrected chi connectivity index (χ1v) is 8.30. The number of amides is 2. The predicted molar refractivity (Wildman–Crippen MR) is 90.2 cm³/mol. The third kappa shape index (κ3) is 5.67. The maximum atomic E-state index is 11.8. The fourth-order valence-electron chi connectivity index (χ4n) is 2.84. The Hall–Kier alpha value is -1.88. The number of nitrogens with one attached hydrogen (secondary N) is 2. The fourth-order valence-corrected chi connectivity index (χ4v) is 2.84. The number of hydrogen-bond acceptors (Lipinski definition) is 3. The van der Waals surface area contributed by atoms with Crippen LogP contribution in [0.3, 0.4) is 0 Å². The molecular formula is C18H26N2O3. The molecular weight excluding hydrogens is 292 g/mol. The first kappa shape index (κ1) is 17.5. The van der Waals surface area contributed by atoms with Gasteiger partial charge in [-0.3, -0.25) is 9.59 Å². The number of aryl methyl sites for hydroxylation is 1. The number of carbonyl (C=O) groups excluding carboxylic acids is 2. The second kappa shape index (κ2) is 8.11. The zero-order chi connectivity index (χ0) is 16.8. The molecule has 0 fully saturated rings. The minimum absolute atomic E-state index is 0.0224. The van der Waals surface area contributed by atoms with Crippen LogP contribution in [0.1, 0.15) is 44.2 Å². The standard InChI is InChI=1S/C18H26N2O3/c1-12(2)8-15(21)11-19-17(22)5-3-4-13-6-7-16-14(9-13)10-18(23)20-16/h6-7,9,12,15,21H,3-5,8,10-11H2,1-2H3,(H,19,22)(H,20,23). The number of hydrogen-bond donors (Lipinski definition) is 3. The third-order valence-electron chi connectivity index (χ3n) is 3.94. The lowest BCUT2D eigenvalue weighted by Crippen LogP contribution is -2.32. The van der Waals surface area contributed by atoms with Gasteiger partial charge in [-0.2, -0.15) is 0 Å². The van der Waals surface area contributed by atoms with Crippen LogP contribution >= 0.6 is 0 Å². The highest BCUT2D eigenvalue weighted by atomic mass is 16.3. The summed E-state index contributed by atoms with van der Waals surface area (Å²) in [7, 11) is 0. The van der Waals surface area contributed by atoms with Crippen molar-refractivity contribution in [1.29, 1.82) is 0 Å². The summed E-state index contributed by atoms with van der Waals surface area (Å²) < 4.78 is 0. The lowest BCUT2D eigenvalue weighted by atomic mass is 10.0. The molecule has 0 spiro atoms. The first-order chi connectivity index (χ1) is 10.9. The predicted octanol–water partition coefficient (Wildman–Crippen LogP) is 2.03. The van der Waals surface area contributed by atoms with Crippen molar-refractivity contribution in [2.45, 2.75) is 52.1 Å². The number of rotatable bonds is 8. The summed E-state index contributed by atoms with van der Waals surface area (Å²) in [6.07, 6.45) is 2.68. The fraction of sp³-hybridized carbons (Fsp3) is 0.556. The van der Waals surface area contributed by atoms with Crippen LogP contribution in [0.15, 0.2) is 18.2 Å². The van der Waals surface area contributed by atoms with E-state index in [2.05, 4.69) is 10.6 Å². The van der Waals surface area contributed by atoms with Crippen LogP contribution in [0.4, 0.5) is 5.69 Å². The summed E-state index contributed by atoms with van der Waals surface area (Å²) in [4.78, 5) is 23.1. The maximum Gasteiger partial charge on any atom is 0.228 e. The van der Waals surface area contributed by atoms with Crippen LogP contribution in [-0.4, -0.2) is 29.6 Å². The quantitative estimate of drug-likeness (QED) is 0.686. The van der Waals surface area contributed by atoms with Crippen LogP contribution < -0.4 is 10.6 Å². The molecule has 1 heterocycles. The maximum absolute atomic E-state index is 11.8. The minimum atomic E-state index is -0.472. The molecule has 0 saturated heterocycles. The monoisotopic (exact) mass is 318 g/mol. The summed E-state index contributed by atoms with van der Waals surface area (Å²) in [5, 5.41) is 15.3. The second-order valence-electron chi connectivity index (χ2n) is 6.66. The zero-order valence-electron chi connectivity index (χ0n) is 13.9. The third-order valence-corrected chi connectivity index (χ3v) is 3.94. The number of anilines is 1. The largest absolute Gasteiger partial charge is 0.391 e. The first-order valence-electron chi connectivity index (χ1n) is 8.30. The van der Waals surface area contributed by atoms with E-state index in [1.807, 2.05) is 32.0 Å². The van der Waals surface area contributed by atoms with Crippen molar-refractivity contribution >= 4 is 17.5 Å². The van der Waals surface area contributed by atoms with Crippen molar-refractivity contribution in [2.24, 2.45) is 5.92 Å². The number of benzene rings is 1. The van der Waals surface area contributed by atoms with E-state index in [1.54, 1.807) is 0 Å². The Morgan fingerprint density at radius 2 is 2.17 bits per heavy atom. The number of aliphatic hydroxyl groups excluding tert-OH is 1. The molecule has 0 aromatic heterocycles. The molecule has 23 heavy (non-hydrogen) atoms. The SMILES string of the molecule is CC(C)CC(O)CNC(=O)CCCc1ccc2c(c1)CC(=O)N2. The number of aliphatic hydroxyl groups is 1. The summed E-state index contributed by atoms with van der Waals surface area (Å²) in [6, 6.07) is 5.96. The Labute approximate surface area is 137 Å². The van der Waals surface area contributed by atoms with Gasteiger partial charge in [-0.05, 0) is 42.4 Å². The van der Waals surface area contributed by atoms with Gasteiger partial charge >= 0.3 is 0 Å². The summed E-state index contributed by atoms with van der Waals surface area (Å²) in [5.41, 5.74) is 3.08. The van der Waals surface area contributed by atoms with E-state index in [0.717, 1.165) is 29.7 Å². The second-order valence-corrected chi connectivity index (χ2v) is 6.66. The molecule has 1 unspecified atom stereocenters. The van der Waals surface area contributed by atoms with Gasteiger partial charge in [0.1, 0.15) is 0 Å². The van der Waals surface area contributed by atoms with Crippen molar-refractivity contribution in [1.82, 2.24) is 5.32 Å². The van der Waals surface area contributed by atoms with Crippen LogP contribution in [0.2, 0.25) is 0 Å². The Balaban J connectivity index is 1.68. The van der Waals surface area contributed by atoms with Gasteiger partial charge in [0.05, 0.1) is 12.5 Å². The highest BCUT2D eigenvalue weighted by molar-refractivity contribution is 5.99. The molecule has 1 aromatic carbocycles. The van der Waals surface area contributed by atoms with E-state index >= 15 is 0 Å². The van der Waals surface area contributed by atoms with E-state index in [-0.39, 0.29) is 11.8 Å². The van der Waals surface area contributed by atoms with Crippen molar-refractivity contribution in [2.75, 3.05) is 11.9 Å². The van der Waals surface area contributed by atoms with Gasteiger partial charge in [0.2, 0.25) is 11.8 Å². The van der Waals surface area contributed by atoms with Gasteiger partial charge in [0.15, 0.2) is 0 Å². The normalized spacial score (nSPS) is 14.5. The zero-order valence-corrected chi connectivity index (χ0v) is 13.9. The van der Waals surface area contributed by atoms with Crippen molar-refractivity contribution < 1.29 is 14.7 Å². The molecule has 5 heteroatoms.